The van der Waals surface area contributed by atoms with Crippen molar-refractivity contribution in [2.24, 2.45) is 0 Å². The first-order valence-corrected chi connectivity index (χ1v) is 18.1. The van der Waals surface area contributed by atoms with Crippen LogP contribution < -0.4 is 15.7 Å². The molecule has 0 aromatic heterocycles. The fourth-order valence-corrected chi connectivity index (χ4v) is 10.3. The Bertz CT molecular complexity index is 1180. The van der Waals surface area contributed by atoms with Crippen LogP contribution in [0.3, 0.4) is 0 Å². The van der Waals surface area contributed by atoms with E-state index in [0.717, 1.165) is 12.8 Å². The van der Waals surface area contributed by atoms with E-state index >= 15 is 0 Å². The number of alkyl carbamates (subject to hydrolysis) is 1. The van der Waals surface area contributed by atoms with Crippen molar-refractivity contribution in [2.45, 2.75) is 90.8 Å². The summed E-state index contributed by atoms with van der Waals surface area (Å²) in [6.07, 6.45) is 1.73. The van der Waals surface area contributed by atoms with Crippen molar-refractivity contribution in [3.63, 3.8) is 0 Å². The van der Waals surface area contributed by atoms with Crippen LogP contribution >= 0.6 is 0 Å². The summed E-state index contributed by atoms with van der Waals surface area (Å²) in [5.74, 6) is -0.190. The first kappa shape index (κ1) is 36.1. The lowest BCUT2D eigenvalue weighted by atomic mass is 10.1. The van der Waals surface area contributed by atoms with E-state index in [-0.39, 0.29) is 17.0 Å². The molecule has 2 aromatic carbocycles. The number of nitrogens with one attached hydrogen (secondary N) is 1. The maximum absolute atomic E-state index is 13.8. The van der Waals surface area contributed by atoms with E-state index in [1.165, 1.54) is 10.4 Å². The summed E-state index contributed by atoms with van der Waals surface area (Å²) >= 11 is 0. The van der Waals surface area contributed by atoms with Gasteiger partial charge in [-0.2, -0.15) is 0 Å². The minimum absolute atomic E-state index is 0.170. The van der Waals surface area contributed by atoms with Crippen molar-refractivity contribution in [2.75, 3.05) is 39.4 Å². The Balaban J connectivity index is 1.73. The maximum atomic E-state index is 13.8. The average molecular weight is 640 g/mol. The lowest BCUT2D eigenvalue weighted by Crippen LogP contribution is -2.66. The highest BCUT2D eigenvalue weighted by atomic mass is 28.4. The lowest BCUT2D eigenvalue weighted by molar-refractivity contribution is -0.135. The molecule has 0 unspecified atom stereocenters. The average Bonchev–Trinajstić information content (AvgIpc) is 2.99. The quantitative estimate of drug-likeness (QED) is 0.250. The third-order valence-corrected chi connectivity index (χ3v) is 13.0. The monoisotopic (exact) mass is 639 g/mol. The van der Waals surface area contributed by atoms with Crippen LogP contribution in [0.25, 0.3) is 0 Å². The van der Waals surface area contributed by atoms with Crippen LogP contribution in [0.2, 0.25) is 5.04 Å². The van der Waals surface area contributed by atoms with Gasteiger partial charge in [-0.05, 0) is 55.4 Å². The van der Waals surface area contributed by atoms with E-state index in [0.29, 0.717) is 52.2 Å². The van der Waals surface area contributed by atoms with Gasteiger partial charge in [-0.1, -0.05) is 94.8 Å². The molecule has 0 bridgehead atoms. The molecule has 2 aromatic rings. The van der Waals surface area contributed by atoms with Gasteiger partial charge in [0, 0.05) is 32.8 Å². The number of hydrogen-bond donors (Lipinski definition) is 1. The van der Waals surface area contributed by atoms with Gasteiger partial charge in [0.2, 0.25) is 5.91 Å². The second-order valence-electron chi connectivity index (χ2n) is 13.6. The molecule has 1 aliphatic heterocycles. The molecule has 9 nitrogen and oxygen atoms in total. The van der Waals surface area contributed by atoms with Gasteiger partial charge in [0.05, 0.1) is 6.61 Å². The Kier molecular flexibility index (Phi) is 13.0. The topological polar surface area (TPSA) is 97.4 Å². The van der Waals surface area contributed by atoms with Crippen molar-refractivity contribution in [1.29, 1.82) is 0 Å². The van der Waals surface area contributed by atoms with Crippen LogP contribution in [0, 0.1) is 0 Å². The molecule has 1 N–H and O–H groups in total. The minimum atomic E-state index is -2.73. The number of rotatable bonds is 12. The number of hydrogen-bond acceptors (Lipinski definition) is 6. The summed E-state index contributed by atoms with van der Waals surface area (Å²) < 4.78 is 17.9. The summed E-state index contributed by atoms with van der Waals surface area (Å²) in [5.41, 5.74) is -0.701. The minimum Gasteiger partial charge on any atom is -0.449 e. The Morgan fingerprint density at radius 1 is 0.800 bits per heavy atom. The smallest absolute Gasteiger partial charge is 0.409 e. The molecular formula is C35H53N3O6Si. The van der Waals surface area contributed by atoms with E-state index in [2.05, 4.69) is 74.6 Å². The van der Waals surface area contributed by atoms with Gasteiger partial charge in [0.1, 0.15) is 11.6 Å². The molecule has 3 rings (SSSR count). The zero-order chi connectivity index (χ0) is 33.1. The second kappa shape index (κ2) is 16.3. The molecule has 0 aliphatic carbocycles. The zero-order valence-corrected chi connectivity index (χ0v) is 29.3. The van der Waals surface area contributed by atoms with Crippen molar-refractivity contribution in [1.82, 2.24) is 15.1 Å². The molecular weight excluding hydrogens is 586 g/mol. The lowest BCUT2D eigenvalue weighted by Gasteiger charge is -2.43. The molecule has 1 heterocycles. The molecule has 10 heteroatoms. The first-order chi connectivity index (χ1) is 21.3. The Morgan fingerprint density at radius 3 is 1.82 bits per heavy atom. The highest BCUT2D eigenvalue weighted by molar-refractivity contribution is 6.99. The van der Waals surface area contributed by atoms with Crippen LogP contribution in [0.5, 0.6) is 0 Å². The van der Waals surface area contributed by atoms with Gasteiger partial charge in [-0.3, -0.25) is 4.79 Å². The van der Waals surface area contributed by atoms with Gasteiger partial charge >= 0.3 is 12.2 Å². The van der Waals surface area contributed by atoms with Crippen LogP contribution in [0.1, 0.15) is 74.1 Å². The predicted octanol–water partition coefficient (Wildman–Crippen LogP) is 5.32. The predicted molar refractivity (Wildman–Crippen MR) is 180 cm³/mol. The molecule has 45 heavy (non-hydrogen) atoms. The molecule has 248 valence electrons. The summed E-state index contributed by atoms with van der Waals surface area (Å²) in [4.78, 5) is 42.3. The third-order valence-electron chi connectivity index (χ3n) is 7.93. The van der Waals surface area contributed by atoms with Gasteiger partial charge in [0.15, 0.2) is 0 Å². The summed E-state index contributed by atoms with van der Waals surface area (Å²) in [6, 6.07) is 20.1. The molecule has 0 spiro atoms. The maximum Gasteiger partial charge on any atom is 0.409 e. The highest BCUT2D eigenvalue weighted by Gasteiger charge is 2.50. The fraction of sp³-hybridized carbons (Fsp3) is 0.571. The number of nitrogens with zero attached hydrogens (tertiary/aromatic N) is 2. The number of benzene rings is 2. The van der Waals surface area contributed by atoms with E-state index in [4.69, 9.17) is 13.9 Å². The molecule has 1 saturated heterocycles. The van der Waals surface area contributed by atoms with Crippen LogP contribution in [-0.2, 0) is 18.7 Å². The SMILES string of the molecule is CCCCOC(=O)N1CCN(C(=O)[C@H](CCCO[Si](c2ccccc2)(c2ccccc2)C(C)(C)C)NC(=O)OC(C)(C)C)CC1. The van der Waals surface area contributed by atoms with Crippen molar-refractivity contribution < 1.29 is 28.3 Å². The van der Waals surface area contributed by atoms with E-state index in [9.17, 15) is 14.4 Å². The van der Waals surface area contributed by atoms with Gasteiger partial charge in [-0.25, -0.2) is 9.59 Å². The van der Waals surface area contributed by atoms with Crippen LogP contribution in [0.15, 0.2) is 60.7 Å². The van der Waals surface area contributed by atoms with Gasteiger partial charge in [-0.15, -0.1) is 0 Å². The van der Waals surface area contributed by atoms with Gasteiger partial charge < -0.3 is 29.0 Å². The van der Waals surface area contributed by atoms with E-state index < -0.39 is 26.1 Å². The highest BCUT2D eigenvalue weighted by Crippen LogP contribution is 2.36. The molecule has 3 amide bonds. The van der Waals surface area contributed by atoms with Gasteiger partial charge in [0.25, 0.3) is 8.32 Å². The number of ether oxygens (including phenoxy) is 2. The summed E-state index contributed by atoms with van der Waals surface area (Å²) in [7, 11) is -2.73. The zero-order valence-electron chi connectivity index (χ0n) is 28.3. The van der Waals surface area contributed by atoms with Crippen LogP contribution in [-0.4, -0.2) is 87.2 Å². The van der Waals surface area contributed by atoms with E-state index in [1.54, 1.807) is 30.6 Å². The van der Waals surface area contributed by atoms with E-state index in [1.807, 2.05) is 19.1 Å². The summed E-state index contributed by atoms with van der Waals surface area (Å²) in [5, 5.41) is 5.04. The number of carbonyl (C=O) groups excluding carboxylic acids is 3. The normalized spacial score (nSPS) is 14.9. The molecule has 1 fully saturated rings. The molecule has 0 saturated carbocycles. The molecule has 1 atom stereocenters. The summed E-state index contributed by atoms with van der Waals surface area (Å²) in [6.45, 7) is 16.4. The number of piperazine rings is 1. The molecule has 1 aliphatic rings. The largest absolute Gasteiger partial charge is 0.449 e. The number of carbonyl (C=O) groups is 3. The Hall–Kier alpha value is -3.37. The number of amides is 3. The molecule has 0 radical (unpaired) electrons. The van der Waals surface area contributed by atoms with Crippen molar-refractivity contribution >= 4 is 36.8 Å². The third kappa shape index (κ3) is 10.1. The first-order valence-electron chi connectivity index (χ1n) is 16.2. The Morgan fingerprint density at radius 2 is 1.33 bits per heavy atom. The Labute approximate surface area is 270 Å². The fourth-order valence-electron chi connectivity index (χ4n) is 5.71. The van der Waals surface area contributed by atoms with Crippen LogP contribution in [0.4, 0.5) is 9.59 Å². The van der Waals surface area contributed by atoms with Crippen molar-refractivity contribution in [3.05, 3.63) is 60.7 Å². The number of unbranched alkanes of at least 4 members (excludes halogenated alkanes) is 1. The van der Waals surface area contributed by atoms with Crippen molar-refractivity contribution in [3.8, 4) is 0 Å². The standard InChI is InChI=1S/C35H53N3O6Si/c1-8-9-26-42-33(41)38-24-22-37(23-25-38)31(39)30(36-32(40)44-34(2,3)4)21-16-27-43-45(35(5,6)7,28-17-12-10-13-18-28)29-19-14-11-15-20-29/h10-15,17-20,30H,8-9,16,21-27H2,1-7H3,(H,36,40)/t30-/m0/s1. The second-order valence-corrected chi connectivity index (χ2v) is 17.9.